The van der Waals surface area contributed by atoms with Gasteiger partial charge in [-0.2, -0.15) is 22.0 Å². The Morgan fingerprint density at radius 2 is 1.67 bits per heavy atom. The van der Waals surface area contributed by atoms with Crippen molar-refractivity contribution in [2.75, 3.05) is 7.11 Å². The van der Waals surface area contributed by atoms with E-state index >= 15 is 0 Å². The molecule has 0 amide bonds. The van der Waals surface area contributed by atoms with E-state index in [1.54, 1.807) is 0 Å². The third kappa shape index (κ3) is 4.01. The van der Waals surface area contributed by atoms with Crippen LogP contribution in [0.2, 0.25) is 0 Å². The zero-order chi connectivity index (χ0) is 18.9. The number of carbonyl (C=O) groups excluding carboxylic acids is 2. The lowest BCUT2D eigenvalue weighted by molar-refractivity contribution is -0.266. The number of hydrogen-bond donors (Lipinski definition) is 2. The fraction of sp³-hybridized carbons (Fsp3) is 0.615. The summed E-state index contributed by atoms with van der Waals surface area (Å²) >= 11 is 0. The summed E-state index contributed by atoms with van der Waals surface area (Å²) in [7, 11) is 0.668. The molecule has 1 aliphatic carbocycles. The van der Waals surface area contributed by atoms with Crippen molar-refractivity contribution >= 4 is 17.7 Å². The lowest BCUT2D eigenvalue weighted by atomic mass is 9.96. The second kappa shape index (κ2) is 6.73. The molecule has 0 radical (unpaired) electrons. The number of ether oxygens (including phenoxy) is 1. The molecule has 136 valence electrons. The SMILES string of the molecule is COC(=O)C(C(=O)C(F)(F)C(F)(F)F)=C(NC1CC1)C(C)C(=O)O. The molecule has 1 unspecified atom stereocenters. The maximum atomic E-state index is 13.4. The molecule has 1 saturated carbocycles. The monoisotopic (exact) mass is 359 g/mol. The first-order chi connectivity index (χ1) is 10.8. The van der Waals surface area contributed by atoms with Gasteiger partial charge in [0.15, 0.2) is 0 Å². The summed E-state index contributed by atoms with van der Waals surface area (Å²) in [5.41, 5.74) is -2.48. The fourth-order valence-corrected chi connectivity index (χ4v) is 1.70. The van der Waals surface area contributed by atoms with Crippen molar-refractivity contribution < 1.29 is 46.2 Å². The van der Waals surface area contributed by atoms with Gasteiger partial charge >= 0.3 is 24.0 Å². The summed E-state index contributed by atoms with van der Waals surface area (Å²) in [6, 6.07) is -0.422. The molecule has 0 bridgehead atoms. The molecule has 0 aromatic rings. The van der Waals surface area contributed by atoms with Crippen molar-refractivity contribution in [3.05, 3.63) is 11.3 Å². The molecule has 1 rings (SSSR count). The van der Waals surface area contributed by atoms with Crippen LogP contribution in [0.15, 0.2) is 11.3 Å². The number of carbonyl (C=O) groups is 3. The maximum absolute atomic E-state index is 13.4. The average Bonchev–Trinajstić information content (AvgIpc) is 3.27. The van der Waals surface area contributed by atoms with E-state index in [-0.39, 0.29) is 0 Å². The molecule has 0 aromatic heterocycles. The number of Topliss-reactive ketones (excluding diaryl/α,β-unsaturated/α-hetero) is 1. The molecule has 0 saturated heterocycles. The number of carboxylic acids is 1. The van der Waals surface area contributed by atoms with Crippen LogP contribution < -0.4 is 5.32 Å². The summed E-state index contributed by atoms with van der Waals surface area (Å²) in [5, 5.41) is 11.4. The number of hydrogen-bond acceptors (Lipinski definition) is 5. The highest BCUT2D eigenvalue weighted by Gasteiger charge is 2.65. The van der Waals surface area contributed by atoms with Crippen molar-refractivity contribution in [2.45, 2.75) is 37.9 Å². The molecule has 6 nitrogen and oxygen atoms in total. The number of halogens is 5. The smallest absolute Gasteiger partial charge is 0.461 e. The third-order valence-corrected chi connectivity index (χ3v) is 3.27. The van der Waals surface area contributed by atoms with Crippen LogP contribution in [-0.2, 0) is 19.1 Å². The van der Waals surface area contributed by atoms with Gasteiger partial charge in [0, 0.05) is 11.7 Å². The number of methoxy groups -OCH3 is 1. The van der Waals surface area contributed by atoms with Gasteiger partial charge < -0.3 is 15.2 Å². The number of alkyl halides is 5. The Labute approximate surface area is 132 Å². The zero-order valence-corrected chi connectivity index (χ0v) is 12.5. The van der Waals surface area contributed by atoms with E-state index < -0.39 is 53.1 Å². The minimum atomic E-state index is -6.25. The molecule has 0 heterocycles. The van der Waals surface area contributed by atoms with Gasteiger partial charge in [0.25, 0.3) is 5.78 Å². The normalized spacial score (nSPS) is 17.6. The molecule has 1 fully saturated rings. The van der Waals surface area contributed by atoms with Gasteiger partial charge in [-0.1, -0.05) is 0 Å². The highest BCUT2D eigenvalue weighted by atomic mass is 19.4. The van der Waals surface area contributed by atoms with Crippen molar-refractivity contribution in [3.8, 4) is 0 Å². The highest BCUT2D eigenvalue weighted by molar-refractivity contribution is 6.21. The predicted octanol–water partition coefficient (Wildman–Crippen LogP) is 1.65. The molecule has 0 aliphatic heterocycles. The standard InChI is InChI=1S/C13H14F5NO5/c1-5(10(21)22)8(19-6-3-4-6)7(11(23)24-2)9(20)12(14,15)13(16,17)18/h5-6,19H,3-4H2,1-2H3,(H,21,22). The van der Waals surface area contributed by atoms with Crippen molar-refractivity contribution in [3.63, 3.8) is 0 Å². The van der Waals surface area contributed by atoms with E-state index in [0.717, 1.165) is 6.92 Å². The molecule has 24 heavy (non-hydrogen) atoms. The Balaban J connectivity index is 3.52. The zero-order valence-electron chi connectivity index (χ0n) is 12.5. The van der Waals surface area contributed by atoms with Gasteiger partial charge in [0.1, 0.15) is 5.57 Å². The van der Waals surface area contributed by atoms with Crippen LogP contribution in [0.1, 0.15) is 19.8 Å². The first kappa shape index (κ1) is 19.8. The number of nitrogens with one attached hydrogen (secondary N) is 1. The van der Waals surface area contributed by atoms with Crippen molar-refractivity contribution in [2.24, 2.45) is 5.92 Å². The van der Waals surface area contributed by atoms with E-state index in [1.807, 2.05) is 0 Å². The fourth-order valence-electron chi connectivity index (χ4n) is 1.70. The van der Waals surface area contributed by atoms with Gasteiger partial charge in [-0.25, -0.2) is 4.79 Å². The Bertz CT molecular complexity index is 580. The molecule has 0 spiro atoms. The largest absolute Gasteiger partial charge is 0.481 e. The van der Waals surface area contributed by atoms with E-state index in [2.05, 4.69) is 10.1 Å². The molecule has 2 N–H and O–H groups in total. The maximum Gasteiger partial charge on any atom is 0.461 e. The summed E-state index contributed by atoms with van der Waals surface area (Å²) in [6.07, 6.45) is -5.29. The number of carboxylic acid groups (broad SMARTS) is 1. The molecule has 0 aromatic carbocycles. The molecule has 1 atom stereocenters. The molecule has 11 heteroatoms. The Morgan fingerprint density at radius 1 is 1.17 bits per heavy atom. The molecular formula is C13H14F5NO5. The summed E-state index contributed by atoms with van der Waals surface area (Å²) < 4.78 is 68.1. The topological polar surface area (TPSA) is 92.7 Å². The quantitative estimate of drug-likeness (QED) is 0.236. The second-order valence-corrected chi connectivity index (χ2v) is 5.16. The Kier molecular flexibility index (Phi) is 5.57. The van der Waals surface area contributed by atoms with Crippen LogP contribution in [0, 0.1) is 5.92 Å². The predicted molar refractivity (Wildman–Crippen MR) is 68.0 cm³/mol. The lowest BCUT2D eigenvalue weighted by Gasteiger charge is -2.23. The van der Waals surface area contributed by atoms with Crippen molar-refractivity contribution in [1.29, 1.82) is 0 Å². The number of aliphatic carboxylic acids is 1. The Hall–Kier alpha value is -2.20. The van der Waals surface area contributed by atoms with E-state index in [9.17, 15) is 36.3 Å². The van der Waals surface area contributed by atoms with Crippen LogP contribution in [0.4, 0.5) is 22.0 Å². The first-order valence-corrected chi connectivity index (χ1v) is 6.65. The average molecular weight is 359 g/mol. The van der Waals surface area contributed by atoms with E-state index in [1.165, 1.54) is 0 Å². The first-order valence-electron chi connectivity index (χ1n) is 6.65. The Morgan fingerprint density at radius 3 is 2.00 bits per heavy atom. The number of rotatable bonds is 7. The highest BCUT2D eigenvalue weighted by Crippen LogP contribution is 2.39. The minimum absolute atomic E-state index is 0.422. The second-order valence-electron chi connectivity index (χ2n) is 5.16. The van der Waals surface area contributed by atoms with Crippen LogP contribution in [0.5, 0.6) is 0 Å². The van der Waals surface area contributed by atoms with Gasteiger partial charge in [0.2, 0.25) is 0 Å². The lowest BCUT2D eigenvalue weighted by Crippen LogP contribution is -2.47. The summed E-state index contributed by atoms with van der Waals surface area (Å²) in [5.74, 6) is -13.8. The van der Waals surface area contributed by atoms with Crippen molar-refractivity contribution in [1.82, 2.24) is 5.32 Å². The number of esters is 1. The van der Waals surface area contributed by atoms with Gasteiger partial charge in [-0.05, 0) is 19.8 Å². The van der Waals surface area contributed by atoms with Crippen LogP contribution in [0.25, 0.3) is 0 Å². The van der Waals surface area contributed by atoms with Gasteiger partial charge in [0.05, 0.1) is 13.0 Å². The van der Waals surface area contributed by atoms with Gasteiger partial charge in [-0.15, -0.1) is 0 Å². The van der Waals surface area contributed by atoms with Crippen LogP contribution >= 0.6 is 0 Å². The summed E-state index contributed by atoms with van der Waals surface area (Å²) in [4.78, 5) is 34.5. The van der Waals surface area contributed by atoms with E-state index in [0.29, 0.717) is 20.0 Å². The number of ketones is 1. The van der Waals surface area contributed by atoms with Gasteiger partial charge in [-0.3, -0.25) is 9.59 Å². The minimum Gasteiger partial charge on any atom is -0.481 e. The summed E-state index contributed by atoms with van der Waals surface area (Å²) in [6.45, 7) is 0.939. The molecular weight excluding hydrogens is 345 g/mol. The third-order valence-electron chi connectivity index (χ3n) is 3.27. The molecule has 1 aliphatic rings. The van der Waals surface area contributed by atoms with Crippen LogP contribution in [0.3, 0.4) is 0 Å². The van der Waals surface area contributed by atoms with Crippen LogP contribution in [-0.4, -0.2) is 48.1 Å². The van der Waals surface area contributed by atoms with E-state index in [4.69, 9.17) is 5.11 Å².